The first-order valence-electron chi connectivity index (χ1n) is 6.04. The number of hydrogen-bond donors (Lipinski definition) is 1. The zero-order valence-electron chi connectivity index (χ0n) is 10.4. The number of hydroxylamine groups is 2. The van der Waals surface area contributed by atoms with E-state index in [0.29, 0.717) is 0 Å². The second-order valence-electron chi connectivity index (χ2n) is 4.50. The van der Waals surface area contributed by atoms with Crippen molar-refractivity contribution in [3.8, 4) is 0 Å². The molecule has 96 valence electrons. The van der Waals surface area contributed by atoms with Gasteiger partial charge in [0.1, 0.15) is 5.82 Å². The van der Waals surface area contributed by atoms with E-state index in [1.807, 2.05) is 31.2 Å². The topological polar surface area (TPSA) is 35.8 Å². The van der Waals surface area contributed by atoms with Gasteiger partial charge in [0, 0.05) is 5.22 Å². The molecule has 0 amide bonds. The lowest BCUT2D eigenvalue weighted by molar-refractivity contribution is -0.0707. The quantitative estimate of drug-likeness (QED) is 0.847. The number of fused-ring (bicyclic) bond motifs is 1. The Labute approximate surface area is 109 Å². The minimum absolute atomic E-state index is 0.301. The summed E-state index contributed by atoms with van der Waals surface area (Å²) in [6.45, 7) is 1.84. The van der Waals surface area contributed by atoms with Gasteiger partial charge in [-0.3, -0.25) is 10.2 Å². The summed E-state index contributed by atoms with van der Waals surface area (Å²) in [6, 6.07) is 13.6. The summed E-state index contributed by atoms with van der Waals surface area (Å²) in [5.41, 5.74) is 1.48. The van der Waals surface area contributed by atoms with Crippen molar-refractivity contribution in [2.24, 2.45) is 4.99 Å². The standard InChI is InChI=1S/C15H13FN2O/c1-10-13-4-2-3-5-14(13)17-15(18(10)19)11-6-8-12(16)9-7-11/h2-9,15,19H,1H3. The van der Waals surface area contributed by atoms with E-state index in [4.69, 9.17) is 0 Å². The van der Waals surface area contributed by atoms with Crippen LogP contribution in [0.25, 0.3) is 5.70 Å². The van der Waals surface area contributed by atoms with E-state index in [-0.39, 0.29) is 5.82 Å². The first kappa shape index (κ1) is 11.9. The molecule has 0 aliphatic carbocycles. The Hall–Kier alpha value is -2.20. The van der Waals surface area contributed by atoms with Gasteiger partial charge in [-0.25, -0.2) is 9.45 Å². The molecule has 0 aromatic heterocycles. The number of nitrogens with zero attached hydrogens (tertiary/aromatic N) is 2. The zero-order chi connectivity index (χ0) is 13.4. The van der Waals surface area contributed by atoms with Crippen molar-refractivity contribution in [1.82, 2.24) is 5.06 Å². The van der Waals surface area contributed by atoms with Crippen LogP contribution >= 0.6 is 0 Å². The summed E-state index contributed by atoms with van der Waals surface area (Å²) in [7, 11) is 0. The monoisotopic (exact) mass is 256 g/mol. The molecular weight excluding hydrogens is 243 g/mol. The van der Waals surface area contributed by atoms with Gasteiger partial charge in [0.25, 0.3) is 0 Å². The SMILES string of the molecule is CC1=c2ccccc2=NC(c2ccc(F)cc2)N1O. The third-order valence-electron chi connectivity index (χ3n) is 3.30. The van der Waals surface area contributed by atoms with Crippen molar-refractivity contribution in [3.63, 3.8) is 0 Å². The van der Waals surface area contributed by atoms with Gasteiger partial charge < -0.3 is 0 Å². The van der Waals surface area contributed by atoms with Crippen molar-refractivity contribution in [3.05, 3.63) is 70.5 Å². The molecule has 1 aliphatic heterocycles. The normalized spacial score (nSPS) is 17.9. The molecule has 0 bridgehead atoms. The highest BCUT2D eigenvalue weighted by molar-refractivity contribution is 5.41. The van der Waals surface area contributed by atoms with Gasteiger partial charge in [0.15, 0.2) is 6.17 Å². The second-order valence-corrected chi connectivity index (χ2v) is 4.50. The number of halogens is 1. The van der Waals surface area contributed by atoms with E-state index in [2.05, 4.69) is 4.99 Å². The minimum atomic E-state index is -0.532. The molecular formula is C15H13FN2O. The molecule has 2 aromatic rings. The molecule has 3 nitrogen and oxygen atoms in total. The molecule has 1 heterocycles. The maximum Gasteiger partial charge on any atom is 0.171 e. The molecule has 0 spiro atoms. The molecule has 1 aliphatic rings. The van der Waals surface area contributed by atoms with Crippen molar-refractivity contribution in [2.45, 2.75) is 13.1 Å². The van der Waals surface area contributed by atoms with Crippen molar-refractivity contribution in [1.29, 1.82) is 0 Å². The summed E-state index contributed by atoms with van der Waals surface area (Å²) in [4.78, 5) is 4.51. The molecule has 1 N–H and O–H groups in total. The highest BCUT2D eigenvalue weighted by atomic mass is 19.1. The molecule has 19 heavy (non-hydrogen) atoms. The average molecular weight is 256 g/mol. The van der Waals surface area contributed by atoms with E-state index in [9.17, 15) is 9.60 Å². The van der Waals surface area contributed by atoms with Crippen molar-refractivity contribution >= 4 is 5.70 Å². The Bertz CT molecular complexity index is 725. The van der Waals surface area contributed by atoms with Crippen LogP contribution in [0.1, 0.15) is 18.7 Å². The van der Waals surface area contributed by atoms with Crippen LogP contribution < -0.4 is 10.6 Å². The van der Waals surface area contributed by atoms with Crippen LogP contribution in [-0.2, 0) is 0 Å². The predicted molar refractivity (Wildman–Crippen MR) is 69.1 cm³/mol. The Kier molecular flexibility index (Phi) is 2.80. The Morgan fingerprint density at radius 2 is 1.79 bits per heavy atom. The van der Waals surface area contributed by atoms with Crippen LogP contribution in [0.4, 0.5) is 4.39 Å². The lowest BCUT2D eigenvalue weighted by Crippen LogP contribution is -2.39. The summed E-state index contributed by atoms with van der Waals surface area (Å²) >= 11 is 0. The zero-order valence-corrected chi connectivity index (χ0v) is 10.4. The molecule has 0 saturated carbocycles. The second kappa shape index (κ2) is 4.48. The highest BCUT2D eigenvalue weighted by Gasteiger charge is 2.21. The lowest BCUT2D eigenvalue weighted by Gasteiger charge is -2.28. The van der Waals surface area contributed by atoms with E-state index >= 15 is 0 Å². The van der Waals surface area contributed by atoms with Gasteiger partial charge in [-0.1, -0.05) is 30.3 Å². The van der Waals surface area contributed by atoms with E-state index in [0.717, 1.165) is 26.9 Å². The number of para-hydroxylation sites is 1. The minimum Gasteiger partial charge on any atom is -0.286 e. The molecule has 0 radical (unpaired) electrons. The van der Waals surface area contributed by atoms with Crippen LogP contribution in [0.5, 0.6) is 0 Å². The third-order valence-corrected chi connectivity index (χ3v) is 3.30. The Balaban J connectivity index is 2.16. The van der Waals surface area contributed by atoms with Gasteiger partial charge in [0.2, 0.25) is 0 Å². The molecule has 1 atom stereocenters. The molecule has 0 fully saturated rings. The summed E-state index contributed by atoms with van der Waals surface area (Å²) in [6.07, 6.45) is -0.532. The highest BCUT2D eigenvalue weighted by Crippen LogP contribution is 2.24. The van der Waals surface area contributed by atoms with Crippen LogP contribution in [0.15, 0.2) is 53.5 Å². The molecule has 1 unspecified atom stereocenters. The summed E-state index contributed by atoms with van der Waals surface area (Å²) < 4.78 is 13.0. The van der Waals surface area contributed by atoms with E-state index in [1.165, 1.54) is 12.1 Å². The maximum atomic E-state index is 13.0. The van der Waals surface area contributed by atoms with Gasteiger partial charge in [-0.05, 0) is 30.7 Å². The first-order valence-corrected chi connectivity index (χ1v) is 6.04. The van der Waals surface area contributed by atoms with Crippen LogP contribution in [0.3, 0.4) is 0 Å². The summed E-state index contributed by atoms with van der Waals surface area (Å²) in [5, 5.41) is 13.1. The number of benzene rings is 2. The largest absolute Gasteiger partial charge is 0.286 e. The third kappa shape index (κ3) is 2.00. The first-order chi connectivity index (χ1) is 9.16. The van der Waals surface area contributed by atoms with Gasteiger partial charge in [-0.2, -0.15) is 0 Å². The fourth-order valence-corrected chi connectivity index (χ4v) is 2.24. The Morgan fingerprint density at radius 1 is 1.11 bits per heavy atom. The fraction of sp³-hybridized carbons (Fsp3) is 0.133. The van der Waals surface area contributed by atoms with E-state index < -0.39 is 6.17 Å². The molecule has 0 saturated heterocycles. The van der Waals surface area contributed by atoms with Gasteiger partial charge >= 0.3 is 0 Å². The Morgan fingerprint density at radius 3 is 2.53 bits per heavy atom. The predicted octanol–water partition coefficient (Wildman–Crippen LogP) is 1.98. The molecule has 4 heteroatoms. The molecule has 2 aromatic carbocycles. The van der Waals surface area contributed by atoms with Crippen LogP contribution in [0, 0.1) is 5.82 Å². The molecule has 3 rings (SSSR count). The van der Waals surface area contributed by atoms with E-state index in [1.54, 1.807) is 12.1 Å². The van der Waals surface area contributed by atoms with Crippen LogP contribution in [-0.4, -0.2) is 10.3 Å². The fourth-order valence-electron chi connectivity index (χ4n) is 2.24. The summed E-state index contributed by atoms with van der Waals surface area (Å²) in [5.74, 6) is -0.301. The smallest absolute Gasteiger partial charge is 0.171 e. The average Bonchev–Trinajstić information content (AvgIpc) is 2.44. The number of hydrogen-bond acceptors (Lipinski definition) is 3. The lowest BCUT2D eigenvalue weighted by atomic mass is 10.1. The number of rotatable bonds is 1. The van der Waals surface area contributed by atoms with Crippen LogP contribution in [0.2, 0.25) is 0 Å². The maximum absolute atomic E-state index is 13.0. The van der Waals surface area contributed by atoms with Gasteiger partial charge in [0.05, 0.1) is 11.1 Å². The van der Waals surface area contributed by atoms with Crippen molar-refractivity contribution in [2.75, 3.05) is 0 Å². The van der Waals surface area contributed by atoms with Crippen molar-refractivity contribution < 1.29 is 9.60 Å². The van der Waals surface area contributed by atoms with Gasteiger partial charge in [-0.15, -0.1) is 0 Å².